The van der Waals surface area contributed by atoms with Crippen molar-refractivity contribution < 1.29 is 9.59 Å². The van der Waals surface area contributed by atoms with E-state index in [0.717, 1.165) is 10.0 Å². The number of amides is 1. The van der Waals surface area contributed by atoms with E-state index >= 15 is 0 Å². The van der Waals surface area contributed by atoms with Gasteiger partial charge < -0.3 is 5.32 Å². The second-order valence-corrected chi connectivity index (χ2v) is 6.25. The summed E-state index contributed by atoms with van der Waals surface area (Å²) in [5, 5.41) is 14.8. The zero-order valence-corrected chi connectivity index (χ0v) is 14.9. The molecule has 0 atom stereocenters. The number of ketones is 1. The first kappa shape index (κ1) is 17.0. The average Bonchev–Trinajstić information content (AvgIpc) is 3.04. The van der Waals surface area contributed by atoms with Gasteiger partial charge in [-0.2, -0.15) is 4.80 Å². The first-order valence-electron chi connectivity index (χ1n) is 7.46. The molecule has 1 heterocycles. The molecule has 25 heavy (non-hydrogen) atoms. The Kier molecular flexibility index (Phi) is 4.99. The third-order valence-electron chi connectivity index (χ3n) is 3.42. The Labute approximate surface area is 152 Å². The van der Waals surface area contributed by atoms with Crippen LogP contribution in [0.3, 0.4) is 0 Å². The molecule has 0 saturated carbocycles. The van der Waals surface area contributed by atoms with E-state index in [0.29, 0.717) is 17.1 Å². The summed E-state index contributed by atoms with van der Waals surface area (Å²) in [6.45, 7) is 1.44. The van der Waals surface area contributed by atoms with E-state index in [9.17, 15) is 9.59 Å². The molecule has 1 aromatic heterocycles. The predicted octanol–water partition coefficient (Wildman–Crippen LogP) is 2.94. The maximum absolute atomic E-state index is 12.1. The fourth-order valence-electron chi connectivity index (χ4n) is 2.14. The van der Waals surface area contributed by atoms with Gasteiger partial charge in [0, 0.05) is 21.3 Å². The van der Waals surface area contributed by atoms with E-state index in [1.165, 1.54) is 11.7 Å². The van der Waals surface area contributed by atoms with Gasteiger partial charge in [-0.15, -0.1) is 10.2 Å². The molecular weight excluding hydrogens is 386 g/mol. The fourth-order valence-corrected chi connectivity index (χ4v) is 2.41. The van der Waals surface area contributed by atoms with Crippen LogP contribution in [0, 0.1) is 0 Å². The summed E-state index contributed by atoms with van der Waals surface area (Å²) in [5.41, 5.74) is 2.01. The van der Waals surface area contributed by atoms with Gasteiger partial charge in [-0.1, -0.05) is 15.9 Å². The zero-order chi connectivity index (χ0) is 17.8. The van der Waals surface area contributed by atoms with Crippen molar-refractivity contribution in [3.63, 3.8) is 0 Å². The molecular formula is C17H14BrN5O2. The molecule has 0 saturated heterocycles. The van der Waals surface area contributed by atoms with Gasteiger partial charge in [0.05, 0.1) is 0 Å². The number of carbonyl (C=O) groups excluding carboxylic acids is 2. The van der Waals surface area contributed by atoms with E-state index < -0.39 is 0 Å². The lowest BCUT2D eigenvalue weighted by Gasteiger charge is -2.05. The molecule has 2 aromatic carbocycles. The lowest BCUT2D eigenvalue weighted by molar-refractivity contribution is -0.117. The molecule has 8 heteroatoms. The monoisotopic (exact) mass is 399 g/mol. The van der Waals surface area contributed by atoms with Crippen molar-refractivity contribution in [2.45, 2.75) is 13.5 Å². The molecule has 3 rings (SSSR count). The van der Waals surface area contributed by atoms with Crippen molar-refractivity contribution in [2.24, 2.45) is 0 Å². The standard InChI is InChI=1S/C17H14BrN5O2/c1-11(24)12-4-8-15(9-5-12)19-16(25)10-23-21-17(20-22-23)13-2-6-14(18)7-3-13/h2-9H,10H2,1H3,(H,19,25). The van der Waals surface area contributed by atoms with Crippen LogP contribution >= 0.6 is 15.9 Å². The summed E-state index contributed by atoms with van der Waals surface area (Å²) >= 11 is 3.37. The molecule has 0 bridgehead atoms. The van der Waals surface area contributed by atoms with Crippen LogP contribution in [-0.4, -0.2) is 31.9 Å². The van der Waals surface area contributed by atoms with Crippen LogP contribution in [0.5, 0.6) is 0 Å². The Balaban J connectivity index is 1.63. The number of tetrazole rings is 1. The number of anilines is 1. The number of aromatic nitrogens is 4. The van der Waals surface area contributed by atoms with E-state index in [4.69, 9.17) is 0 Å². The number of nitrogens with one attached hydrogen (secondary N) is 1. The second kappa shape index (κ2) is 7.35. The lowest BCUT2D eigenvalue weighted by Crippen LogP contribution is -2.20. The van der Waals surface area contributed by atoms with Gasteiger partial charge in [-0.25, -0.2) is 0 Å². The Morgan fingerprint density at radius 2 is 1.76 bits per heavy atom. The number of carbonyl (C=O) groups is 2. The second-order valence-electron chi connectivity index (χ2n) is 5.33. The van der Waals surface area contributed by atoms with Crippen molar-refractivity contribution in [2.75, 3.05) is 5.32 Å². The van der Waals surface area contributed by atoms with Crippen molar-refractivity contribution in [3.05, 3.63) is 58.6 Å². The normalized spacial score (nSPS) is 10.5. The van der Waals surface area contributed by atoms with Crippen LogP contribution < -0.4 is 5.32 Å². The van der Waals surface area contributed by atoms with Crippen LogP contribution in [0.2, 0.25) is 0 Å². The molecule has 0 radical (unpaired) electrons. The fraction of sp³-hybridized carbons (Fsp3) is 0.118. The van der Waals surface area contributed by atoms with Gasteiger partial charge >= 0.3 is 0 Å². The molecule has 0 fully saturated rings. The van der Waals surface area contributed by atoms with Crippen LogP contribution in [-0.2, 0) is 11.3 Å². The largest absolute Gasteiger partial charge is 0.324 e. The minimum atomic E-state index is -0.282. The maximum Gasteiger partial charge on any atom is 0.248 e. The number of nitrogens with zero attached hydrogens (tertiary/aromatic N) is 4. The number of hydrogen-bond acceptors (Lipinski definition) is 5. The summed E-state index contributed by atoms with van der Waals surface area (Å²) in [6.07, 6.45) is 0. The average molecular weight is 400 g/mol. The van der Waals surface area contributed by atoms with Gasteiger partial charge in [0.2, 0.25) is 11.7 Å². The molecule has 0 aliphatic rings. The van der Waals surface area contributed by atoms with Gasteiger partial charge in [0.25, 0.3) is 0 Å². The smallest absolute Gasteiger partial charge is 0.248 e. The Bertz CT molecular complexity index is 904. The molecule has 0 spiro atoms. The minimum Gasteiger partial charge on any atom is -0.324 e. The van der Waals surface area contributed by atoms with Crippen LogP contribution in [0.4, 0.5) is 5.69 Å². The molecule has 1 amide bonds. The van der Waals surface area contributed by atoms with E-state index in [2.05, 4.69) is 36.7 Å². The van der Waals surface area contributed by atoms with Crippen molar-refractivity contribution in [1.29, 1.82) is 0 Å². The summed E-state index contributed by atoms with van der Waals surface area (Å²) < 4.78 is 0.957. The molecule has 3 aromatic rings. The maximum atomic E-state index is 12.1. The molecule has 0 aliphatic carbocycles. The summed E-state index contributed by atoms with van der Waals surface area (Å²) in [5.74, 6) is 0.145. The third kappa shape index (κ3) is 4.36. The predicted molar refractivity (Wildman–Crippen MR) is 96.0 cm³/mol. The summed E-state index contributed by atoms with van der Waals surface area (Å²) in [4.78, 5) is 24.6. The highest BCUT2D eigenvalue weighted by atomic mass is 79.9. The number of halogens is 1. The van der Waals surface area contributed by atoms with E-state index in [1.807, 2.05) is 24.3 Å². The Hall–Kier alpha value is -2.87. The number of Topliss-reactive ketones (excluding diaryl/α,β-unsaturated/α-hetero) is 1. The van der Waals surface area contributed by atoms with Crippen LogP contribution in [0.1, 0.15) is 17.3 Å². The SMILES string of the molecule is CC(=O)c1ccc(NC(=O)Cn2nnc(-c3ccc(Br)cc3)n2)cc1. The Morgan fingerprint density at radius 1 is 1.08 bits per heavy atom. The Morgan fingerprint density at radius 3 is 2.40 bits per heavy atom. The van der Waals surface area contributed by atoms with E-state index in [-0.39, 0.29) is 18.2 Å². The molecule has 0 aliphatic heterocycles. The molecule has 7 nitrogen and oxygen atoms in total. The first-order valence-corrected chi connectivity index (χ1v) is 8.25. The third-order valence-corrected chi connectivity index (χ3v) is 3.94. The quantitative estimate of drug-likeness (QED) is 0.666. The topological polar surface area (TPSA) is 89.8 Å². The van der Waals surface area contributed by atoms with Gasteiger partial charge in [-0.05, 0) is 60.7 Å². The molecule has 1 N–H and O–H groups in total. The molecule has 0 unspecified atom stereocenters. The van der Waals surface area contributed by atoms with Gasteiger partial charge in [0.15, 0.2) is 5.78 Å². The van der Waals surface area contributed by atoms with Crippen LogP contribution in [0.15, 0.2) is 53.0 Å². The van der Waals surface area contributed by atoms with Gasteiger partial charge in [-0.3, -0.25) is 9.59 Å². The highest BCUT2D eigenvalue weighted by molar-refractivity contribution is 9.10. The lowest BCUT2D eigenvalue weighted by atomic mass is 10.1. The number of rotatable bonds is 5. The molecule has 126 valence electrons. The van der Waals surface area contributed by atoms with Crippen molar-refractivity contribution in [3.8, 4) is 11.4 Å². The summed E-state index contributed by atoms with van der Waals surface area (Å²) in [7, 11) is 0. The summed E-state index contributed by atoms with van der Waals surface area (Å²) in [6, 6.07) is 14.2. The van der Waals surface area contributed by atoms with Crippen LogP contribution in [0.25, 0.3) is 11.4 Å². The first-order chi connectivity index (χ1) is 12.0. The minimum absolute atomic E-state index is 0.0230. The zero-order valence-electron chi connectivity index (χ0n) is 13.3. The van der Waals surface area contributed by atoms with Gasteiger partial charge in [0.1, 0.15) is 6.54 Å². The van der Waals surface area contributed by atoms with Crippen molar-refractivity contribution >= 4 is 33.3 Å². The van der Waals surface area contributed by atoms with Crippen molar-refractivity contribution in [1.82, 2.24) is 20.2 Å². The number of benzene rings is 2. The number of hydrogen-bond donors (Lipinski definition) is 1. The highest BCUT2D eigenvalue weighted by Gasteiger charge is 2.10. The highest BCUT2D eigenvalue weighted by Crippen LogP contribution is 2.17. The van der Waals surface area contributed by atoms with E-state index in [1.54, 1.807) is 24.3 Å².